The van der Waals surface area contributed by atoms with Crippen molar-refractivity contribution in [2.75, 3.05) is 38.9 Å². The minimum absolute atomic E-state index is 0.114. The number of hydrogen-bond donors (Lipinski definition) is 4. The van der Waals surface area contributed by atoms with Crippen LogP contribution < -0.4 is 18.9 Å². The Labute approximate surface area is 266 Å². The van der Waals surface area contributed by atoms with Crippen molar-refractivity contribution in [2.24, 2.45) is 5.92 Å². The third-order valence-electron chi connectivity index (χ3n) is 9.16. The summed E-state index contributed by atoms with van der Waals surface area (Å²) in [7, 11) is 6.57. The summed E-state index contributed by atoms with van der Waals surface area (Å²) >= 11 is 0. The first-order valence-electron chi connectivity index (χ1n) is 15.1. The molecular formula is C34H40O8S2. The molecule has 5 atom stereocenters. The summed E-state index contributed by atoms with van der Waals surface area (Å²) in [6.07, 6.45) is 2.25. The molecule has 3 aromatic rings. The Kier molecular flexibility index (Phi) is 9.33. The van der Waals surface area contributed by atoms with Crippen LogP contribution in [0.25, 0.3) is 11.1 Å². The second-order valence-electron chi connectivity index (χ2n) is 11.9. The molecule has 6 rings (SSSR count). The number of aliphatic hydroxyl groups is 2. The van der Waals surface area contributed by atoms with Gasteiger partial charge in [-0.15, -0.1) is 0 Å². The molecule has 0 spiro atoms. The van der Waals surface area contributed by atoms with Gasteiger partial charge in [0.2, 0.25) is 5.75 Å². The summed E-state index contributed by atoms with van der Waals surface area (Å²) in [6.45, 7) is 2.29. The van der Waals surface area contributed by atoms with Crippen LogP contribution in [0.2, 0.25) is 0 Å². The Morgan fingerprint density at radius 2 is 1.73 bits per heavy atom. The molecule has 2 bridgehead atoms. The maximum Gasteiger partial charge on any atom is 0.200 e. The third kappa shape index (κ3) is 5.77. The number of fused-ring (bicyclic) bond motifs is 4. The van der Waals surface area contributed by atoms with Crippen LogP contribution in [0.5, 0.6) is 34.5 Å². The van der Waals surface area contributed by atoms with Crippen LogP contribution in [0.4, 0.5) is 0 Å². The SMILES string of the molecule is COc1cc([C@@H]2Oc3cc(OCCO)c4c5c3[C@H](CSSCC[C@@H](C)CC[C@@H](C5)c3cc(O)ccc3-4)[C@H]2O)cc(OC)c1O. The summed E-state index contributed by atoms with van der Waals surface area (Å²) < 4.78 is 23.7. The largest absolute Gasteiger partial charge is 0.508 e. The number of hydrogen-bond acceptors (Lipinski definition) is 10. The minimum Gasteiger partial charge on any atom is -0.508 e. The molecule has 236 valence electrons. The lowest BCUT2D eigenvalue weighted by molar-refractivity contribution is 0.00415. The molecule has 10 heteroatoms. The Balaban J connectivity index is 1.56. The molecule has 3 aliphatic rings. The van der Waals surface area contributed by atoms with E-state index in [2.05, 4.69) is 6.92 Å². The monoisotopic (exact) mass is 640 g/mol. The average Bonchev–Trinajstić information content (AvgIpc) is 3.03. The number of phenolic OH excluding ortho intramolecular Hbond substituents is 2. The fourth-order valence-electron chi connectivity index (χ4n) is 6.88. The summed E-state index contributed by atoms with van der Waals surface area (Å²) in [5.74, 6) is 4.04. The molecule has 2 heterocycles. The fraction of sp³-hybridized carbons (Fsp3) is 0.471. The molecule has 0 fully saturated rings. The van der Waals surface area contributed by atoms with Gasteiger partial charge in [0.1, 0.15) is 30.0 Å². The van der Waals surface area contributed by atoms with E-state index in [0.29, 0.717) is 28.7 Å². The topological polar surface area (TPSA) is 118 Å². The molecule has 0 unspecified atom stereocenters. The molecule has 0 aromatic heterocycles. The second-order valence-corrected chi connectivity index (χ2v) is 14.5. The van der Waals surface area contributed by atoms with E-state index in [9.17, 15) is 20.4 Å². The highest BCUT2D eigenvalue weighted by atomic mass is 33.1. The van der Waals surface area contributed by atoms with E-state index in [4.69, 9.17) is 18.9 Å². The van der Waals surface area contributed by atoms with Crippen LogP contribution in [0.3, 0.4) is 0 Å². The van der Waals surface area contributed by atoms with Crippen LogP contribution in [0.15, 0.2) is 36.4 Å². The van der Waals surface area contributed by atoms with Gasteiger partial charge in [0.15, 0.2) is 17.6 Å². The van der Waals surface area contributed by atoms with Crippen molar-refractivity contribution in [3.8, 4) is 45.6 Å². The van der Waals surface area contributed by atoms with Gasteiger partial charge in [-0.25, -0.2) is 0 Å². The van der Waals surface area contributed by atoms with Gasteiger partial charge in [0.25, 0.3) is 0 Å². The van der Waals surface area contributed by atoms with Crippen LogP contribution in [-0.4, -0.2) is 65.5 Å². The number of aliphatic hydroxyl groups excluding tert-OH is 2. The van der Waals surface area contributed by atoms with Crippen molar-refractivity contribution in [3.63, 3.8) is 0 Å². The lowest BCUT2D eigenvalue weighted by atomic mass is 9.71. The lowest BCUT2D eigenvalue weighted by Crippen LogP contribution is -2.37. The van der Waals surface area contributed by atoms with Crippen molar-refractivity contribution < 1.29 is 39.4 Å². The zero-order chi connectivity index (χ0) is 31.0. The van der Waals surface area contributed by atoms with Gasteiger partial charge < -0.3 is 39.4 Å². The van der Waals surface area contributed by atoms with Gasteiger partial charge in [-0.3, -0.25) is 0 Å². The normalized spacial score (nSPS) is 24.5. The summed E-state index contributed by atoms with van der Waals surface area (Å²) in [5.41, 5.74) is 5.76. The quantitative estimate of drug-likeness (QED) is 0.220. The molecule has 0 saturated carbocycles. The Morgan fingerprint density at radius 1 is 0.955 bits per heavy atom. The lowest BCUT2D eigenvalue weighted by Gasteiger charge is -2.41. The molecule has 0 saturated heterocycles. The molecule has 8 nitrogen and oxygen atoms in total. The van der Waals surface area contributed by atoms with Crippen molar-refractivity contribution in [1.29, 1.82) is 0 Å². The Hall–Kier alpha value is -2.92. The van der Waals surface area contributed by atoms with Gasteiger partial charge >= 0.3 is 0 Å². The molecule has 3 aromatic carbocycles. The highest BCUT2D eigenvalue weighted by Crippen LogP contribution is 2.56. The highest BCUT2D eigenvalue weighted by Gasteiger charge is 2.43. The van der Waals surface area contributed by atoms with Crippen LogP contribution in [-0.2, 0) is 6.42 Å². The van der Waals surface area contributed by atoms with Gasteiger partial charge in [-0.1, -0.05) is 41.0 Å². The van der Waals surface area contributed by atoms with Gasteiger partial charge in [-0.2, -0.15) is 0 Å². The highest BCUT2D eigenvalue weighted by molar-refractivity contribution is 8.76. The van der Waals surface area contributed by atoms with Gasteiger partial charge in [-0.05, 0) is 72.1 Å². The first-order chi connectivity index (χ1) is 21.3. The standard InChI is InChI=1S/C34H40O8S2/c1-18-4-5-19-12-24-30(22-7-6-21(36)15-23(19)22)26(41-10-9-35)16-27-31(24)25(17-44-43-11-8-18)32(37)34(42-27)20-13-28(39-2)33(38)29(14-20)40-3/h6-7,13-16,18-19,25,32,34-38H,4-5,8-12,17H2,1-3H3/t18-,19-,25-,32+,34-/m0/s1. The summed E-state index contributed by atoms with van der Waals surface area (Å²) in [5, 5.41) is 42.9. The number of ether oxygens (including phenoxy) is 4. The second kappa shape index (κ2) is 13.2. The number of rotatable bonds is 6. The Morgan fingerprint density at radius 3 is 2.45 bits per heavy atom. The zero-order valence-corrected chi connectivity index (χ0v) is 26.9. The van der Waals surface area contributed by atoms with Crippen molar-refractivity contribution in [2.45, 2.75) is 56.7 Å². The minimum atomic E-state index is -0.897. The van der Waals surface area contributed by atoms with E-state index in [1.54, 1.807) is 29.0 Å². The average molecular weight is 641 g/mol. The Bertz CT molecular complexity index is 1490. The van der Waals surface area contributed by atoms with E-state index in [1.165, 1.54) is 14.2 Å². The fourth-order valence-corrected chi connectivity index (χ4v) is 9.48. The van der Waals surface area contributed by atoms with Gasteiger partial charge in [0.05, 0.1) is 20.8 Å². The number of benzene rings is 3. The molecule has 0 amide bonds. The predicted octanol–water partition coefficient (Wildman–Crippen LogP) is 6.57. The predicted molar refractivity (Wildman–Crippen MR) is 174 cm³/mol. The molecule has 1 aliphatic carbocycles. The third-order valence-corrected chi connectivity index (χ3v) is 11.6. The smallest absolute Gasteiger partial charge is 0.200 e. The molecule has 0 radical (unpaired) electrons. The van der Waals surface area contributed by atoms with Crippen molar-refractivity contribution in [3.05, 3.63) is 58.7 Å². The summed E-state index contributed by atoms with van der Waals surface area (Å²) in [4.78, 5) is 0. The number of methoxy groups -OCH3 is 2. The van der Waals surface area contributed by atoms with E-state index in [-0.39, 0.29) is 48.0 Å². The van der Waals surface area contributed by atoms with Crippen molar-refractivity contribution >= 4 is 21.6 Å². The van der Waals surface area contributed by atoms with Crippen LogP contribution in [0, 0.1) is 5.92 Å². The van der Waals surface area contributed by atoms with Crippen LogP contribution >= 0.6 is 21.6 Å². The first-order valence-corrected chi connectivity index (χ1v) is 17.6. The molecule has 4 N–H and O–H groups in total. The molecular weight excluding hydrogens is 601 g/mol. The van der Waals surface area contributed by atoms with Crippen LogP contribution in [0.1, 0.15) is 66.4 Å². The number of aromatic hydroxyl groups is 2. The van der Waals surface area contributed by atoms with Gasteiger partial charge in [0, 0.05) is 40.2 Å². The van der Waals surface area contributed by atoms with E-state index in [0.717, 1.165) is 59.3 Å². The summed E-state index contributed by atoms with van der Waals surface area (Å²) in [6, 6.07) is 10.8. The van der Waals surface area contributed by atoms with E-state index >= 15 is 0 Å². The molecule has 2 aliphatic heterocycles. The number of phenols is 2. The maximum absolute atomic E-state index is 12.1. The van der Waals surface area contributed by atoms with E-state index in [1.807, 2.05) is 29.0 Å². The first kappa shape index (κ1) is 31.1. The molecule has 44 heavy (non-hydrogen) atoms. The zero-order valence-electron chi connectivity index (χ0n) is 25.2. The van der Waals surface area contributed by atoms with E-state index < -0.39 is 12.2 Å². The van der Waals surface area contributed by atoms with Crippen molar-refractivity contribution in [1.82, 2.24) is 0 Å². The maximum atomic E-state index is 12.1.